The van der Waals surface area contributed by atoms with Crippen molar-refractivity contribution in [1.82, 2.24) is 4.98 Å². The molecule has 0 bridgehead atoms. The number of halogens is 1. The fourth-order valence-corrected chi connectivity index (χ4v) is 6.09. The number of para-hydroxylation sites is 2. The van der Waals surface area contributed by atoms with E-state index >= 15 is 0 Å². The highest BCUT2D eigenvalue weighted by molar-refractivity contribution is 7.20. The van der Waals surface area contributed by atoms with Gasteiger partial charge in [-0.15, -0.1) is 0 Å². The first-order chi connectivity index (χ1) is 15.8. The number of amides is 1. The van der Waals surface area contributed by atoms with Gasteiger partial charge in [0.2, 0.25) is 0 Å². The van der Waals surface area contributed by atoms with Crippen LogP contribution in [0.2, 0.25) is 5.02 Å². The minimum atomic E-state index is -0.420. The molecule has 2 heterocycles. The molecule has 1 aliphatic rings. The zero-order valence-electron chi connectivity index (χ0n) is 18.8. The number of ether oxygens (including phenoxy) is 1. The Morgan fingerprint density at radius 1 is 1.03 bits per heavy atom. The molecule has 168 valence electrons. The van der Waals surface area contributed by atoms with Gasteiger partial charge in [0, 0.05) is 21.7 Å². The number of hydrogen-bond donors (Lipinski definition) is 0. The molecule has 5 rings (SSSR count). The lowest BCUT2D eigenvalue weighted by Crippen LogP contribution is -2.57. The fraction of sp³-hybridized carbons (Fsp3) is 0.259. The van der Waals surface area contributed by atoms with Crippen molar-refractivity contribution in [3.8, 4) is 5.19 Å². The molecule has 33 heavy (non-hydrogen) atoms. The Hall–Kier alpha value is -2.89. The molecule has 6 heteroatoms. The van der Waals surface area contributed by atoms with Gasteiger partial charge in [-0.2, -0.15) is 0 Å². The molecule has 4 aromatic rings. The number of thiazole rings is 1. The van der Waals surface area contributed by atoms with Crippen molar-refractivity contribution in [3.05, 3.63) is 88.9 Å². The van der Waals surface area contributed by atoms with E-state index < -0.39 is 5.54 Å². The molecule has 1 amide bonds. The van der Waals surface area contributed by atoms with Gasteiger partial charge in [-0.05, 0) is 61.7 Å². The van der Waals surface area contributed by atoms with Crippen LogP contribution in [0, 0.1) is 0 Å². The van der Waals surface area contributed by atoms with Gasteiger partial charge in [0.25, 0.3) is 11.1 Å². The molecule has 1 aromatic heterocycles. The first kappa shape index (κ1) is 21.9. The standard InChI is InChI=1S/C27H25ClN2O2S/c1-26(2)17-27(3,18-12-14-19(28)15-13-18)20-8-4-6-10-22(20)30(26)24(31)16-32-25-29-21-9-5-7-11-23(21)33-25/h4-15H,16-17H2,1-3H3/t27-/m0/s1. The predicted molar refractivity (Wildman–Crippen MR) is 136 cm³/mol. The number of rotatable bonds is 4. The molecule has 1 aliphatic heterocycles. The van der Waals surface area contributed by atoms with Crippen molar-refractivity contribution in [2.45, 2.75) is 38.1 Å². The second-order valence-corrected chi connectivity index (χ2v) is 10.7. The van der Waals surface area contributed by atoms with E-state index in [1.807, 2.05) is 59.5 Å². The molecule has 0 saturated carbocycles. The minimum Gasteiger partial charge on any atom is -0.460 e. The van der Waals surface area contributed by atoms with Crippen LogP contribution in [-0.4, -0.2) is 23.0 Å². The zero-order chi connectivity index (χ0) is 23.2. The molecular formula is C27H25ClN2O2S. The van der Waals surface area contributed by atoms with Gasteiger partial charge >= 0.3 is 0 Å². The summed E-state index contributed by atoms with van der Waals surface area (Å²) in [5, 5.41) is 1.23. The third-order valence-electron chi connectivity index (χ3n) is 6.46. The molecule has 0 N–H and O–H groups in total. The van der Waals surface area contributed by atoms with Crippen molar-refractivity contribution in [1.29, 1.82) is 0 Å². The Labute approximate surface area is 202 Å². The number of carbonyl (C=O) groups excluding carboxylic acids is 1. The lowest BCUT2D eigenvalue weighted by Gasteiger charge is -2.51. The second-order valence-electron chi connectivity index (χ2n) is 9.31. The first-order valence-electron chi connectivity index (χ1n) is 10.9. The average Bonchev–Trinajstić information content (AvgIpc) is 3.20. The van der Waals surface area contributed by atoms with Gasteiger partial charge < -0.3 is 9.64 Å². The van der Waals surface area contributed by atoms with Gasteiger partial charge in [-0.3, -0.25) is 4.79 Å². The summed E-state index contributed by atoms with van der Waals surface area (Å²) >= 11 is 7.61. The average molecular weight is 477 g/mol. The van der Waals surface area contributed by atoms with Crippen LogP contribution in [0.5, 0.6) is 5.19 Å². The van der Waals surface area contributed by atoms with E-state index in [-0.39, 0.29) is 17.9 Å². The van der Waals surface area contributed by atoms with Crippen molar-refractivity contribution in [2.75, 3.05) is 11.5 Å². The molecule has 1 atom stereocenters. The largest absolute Gasteiger partial charge is 0.460 e. The maximum Gasteiger partial charge on any atom is 0.274 e. The summed E-state index contributed by atoms with van der Waals surface area (Å²) in [7, 11) is 0. The second kappa shape index (κ2) is 8.15. The lowest BCUT2D eigenvalue weighted by atomic mass is 9.65. The highest BCUT2D eigenvalue weighted by atomic mass is 35.5. The SMILES string of the molecule is CC1(C)C[C@@](C)(c2ccc(Cl)cc2)c2ccccc2N1C(=O)COc1nc2ccccc2s1. The van der Waals surface area contributed by atoms with Gasteiger partial charge in [0.15, 0.2) is 6.61 Å². The van der Waals surface area contributed by atoms with Crippen LogP contribution in [0.3, 0.4) is 0 Å². The van der Waals surface area contributed by atoms with E-state index in [0.29, 0.717) is 5.19 Å². The molecule has 4 nitrogen and oxygen atoms in total. The Morgan fingerprint density at radius 3 is 2.48 bits per heavy atom. The number of nitrogens with zero attached hydrogens (tertiary/aromatic N) is 2. The smallest absolute Gasteiger partial charge is 0.274 e. The zero-order valence-corrected chi connectivity index (χ0v) is 20.4. The Morgan fingerprint density at radius 2 is 1.73 bits per heavy atom. The topological polar surface area (TPSA) is 42.4 Å². The summed E-state index contributed by atoms with van der Waals surface area (Å²) in [5.41, 5.74) is 3.44. The van der Waals surface area contributed by atoms with E-state index in [1.54, 1.807) is 0 Å². The molecule has 0 fully saturated rings. The molecule has 3 aromatic carbocycles. The Bertz CT molecular complexity index is 1300. The van der Waals surface area contributed by atoms with Crippen LogP contribution >= 0.6 is 22.9 Å². The molecular weight excluding hydrogens is 452 g/mol. The van der Waals surface area contributed by atoms with E-state index in [9.17, 15) is 4.79 Å². The van der Waals surface area contributed by atoms with Gasteiger partial charge in [0.05, 0.1) is 10.2 Å². The monoisotopic (exact) mass is 476 g/mol. The summed E-state index contributed by atoms with van der Waals surface area (Å²) in [6.45, 7) is 6.42. The highest BCUT2D eigenvalue weighted by Crippen LogP contribution is 2.50. The van der Waals surface area contributed by atoms with Gasteiger partial charge in [-0.1, -0.05) is 72.3 Å². The molecule has 0 spiro atoms. The molecule has 0 aliphatic carbocycles. The van der Waals surface area contributed by atoms with E-state index in [1.165, 1.54) is 16.9 Å². The lowest BCUT2D eigenvalue weighted by molar-refractivity contribution is -0.121. The van der Waals surface area contributed by atoms with Crippen molar-refractivity contribution in [2.24, 2.45) is 0 Å². The normalized spacial score (nSPS) is 19.3. The van der Waals surface area contributed by atoms with Gasteiger partial charge in [0.1, 0.15) is 0 Å². The quantitative estimate of drug-likeness (QED) is 0.323. The maximum absolute atomic E-state index is 13.5. The third-order valence-corrected chi connectivity index (χ3v) is 7.66. The summed E-state index contributed by atoms with van der Waals surface area (Å²) < 4.78 is 6.91. The molecule has 0 radical (unpaired) electrons. The van der Waals surface area contributed by atoms with Crippen LogP contribution in [0.1, 0.15) is 38.3 Å². The van der Waals surface area contributed by atoms with Crippen LogP contribution < -0.4 is 9.64 Å². The summed E-state index contributed by atoms with van der Waals surface area (Å²) in [4.78, 5) is 19.9. The number of fused-ring (bicyclic) bond motifs is 2. The van der Waals surface area contributed by atoms with Gasteiger partial charge in [-0.25, -0.2) is 4.98 Å². The number of benzene rings is 3. The Kier molecular flexibility index (Phi) is 5.42. The van der Waals surface area contributed by atoms with Crippen molar-refractivity contribution >= 4 is 44.7 Å². The third kappa shape index (κ3) is 3.90. The summed E-state index contributed by atoms with van der Waals surface area (Å²) in [6.07, 6.45) is 0.769. The van der Waals surface area contributed by atoms with Crippen LogP contribution in [0.4, 0.5) is 5.69 Å². The van der Waals surface area contributed by atoms with Crippen LogP contribution in [0.25, 0.3) is 10.2 Å². The summed E-state index contributed by atoms with van der Waals surface area (Å²) in [5.74, 6) is -0.0788. The highest BCUT2D eigenvalue weighted by Gasteiger charge is 2.47. The van der Waals surface area contributed by atoms with Crippen molar-refractivity contribution < 1.29 is 9.53 Å². The number of anilines is 1. The molecule has 0 saturated heterocycles. The van der Waals surface area contributed by atoms with E-state index in [0.717, 1.165) is 32.9 Å². The first-order valence-corrected chi connectivity index (χ1v) is 12.1. The number of hydrogen-bond acceptors (Lipinski definition) is 4. The maximum atomic E-state index is 13.5. The predicted octanol–water partition coefficient (Wildman–Crippen LogP) is 6.85. The van der Waals surface area contributed by atoms with Crippen LogP contribution in [-0.2, 0) is 10.2 Å². The van der Waals surface area contributed by atoms with E-state index in [4.69, 9.17) is 16.3 Å². The summed E-state index contributed by atoms with van der Waals surface area (Å²) in [6, 6.07) is 24.1. The number of carbonyl (C=O) groups is 1. The fourth-order valence-electron chi connectivity index (χ4n) is 5.15. The van der Waals surface area contributed by atoms with Crippen LogP contribution in [0.15, 0.2) is 72.8 Å². The van der Waals surface area contributed by atoms with Crippen molar-refractivity contribution in [3.63, 3.8) is 0 Å². The minimum absolute atomic E-state index is 0.0603. The van der Waals surface area contributed by atoms with E-state index in [2.05, 4.69) is 44.0 Å². The Balaban J connectivity index is 1.47. The molecule has 0 unspecified atom stereocenters. The number of aromatic nitrogens is 1.